The second kappa shape index (κ2) is 7.70. The molecular formula is C10H10O4. The van der Waals surface area contributed by atoms with E-state index >= 15 is 0 Å². The molecule has 0 aliphatic carbocycles. The fourth-order valence-corrected chi connectivity index (χ4v) is 0.545. The summed E-state index contributed by atoms with van der Waals surface area (Å²) in [5.41, 5.74) is 0. The van der Waals surface area contributed by atoms with Crippen LogP contribution in [0.25, 0.3) is 0 Å². The molecule has 0 aromatic heterocycles. The van der Waals surface area contributed by atoms with Crippen LogP contribution in [0.4, 0.5) is 0 Å². The highest BCUT2D eigenvalue weighted by molar-refractivity contribution is 5.88. The zero-order chi connectivity index (χ0) is 10.8. The van der Waals surface area contributed by atoms with Gasteiger partial charge in [-0.15, -0.1) is 0 Å². The first-order valence-electron chi connectivity index (χ1n) is 3.89. The minimum Gasteiger partial charge on any atom is -0.452 e. The standard InChI is InChI=1S/C10H10O4/c1-3-5-9(11)13-7-8-14-10(12)6-4-2/h7-8H2,1-2H3. The topological polar surface area (TPSA) is 52.6 Å². The number of carbonyl (C=O) groups is 2. The van der Waals surface area contributed by atoms with Crippen LogP contribution in [0.1, 0.15) is 13.8 Å². The number of carbonyl (C=O) groups excluding carboxylic acids is 2. The Morgan fingerprint density at radius 2 is 1.29 bits per heavy atom. The molecule has 0 aromatic rings. The Hall–Kier alpha value is -1.94. The van der Waals surface area contributed by atoms with Gasteiger partial charge in [-0.25, -0.2) is 9.59 Å². The Labute approximate surface area is 82.6 Å². The van der Waals surface area contributed by atoms with Crippen LogP contribution in [0.2, 0.25) is 0 Å². The van der Waals surface area contributed by atoms with E-state index in [4.69, 9.17) is 0 Å². The third-order valence-corrected chi connectivity index (χ3v) is 1.00. The lowest BCUT2D eigenvalue weighted by Gasteiger charge is -2.00. The molecule has 0 N–H and O–H groups in total. The summed E-state index contributed by atoms with van der Waals surface area (Å²) < 4.78 is 9.15. The number of rotatable bonds is 3. The largest absolute Gasteiger partial charge is 0.452 e. The fraction of sp³-hybridized carbons (Fsp3) is 0.400. The SMILES string of the molecule is CC#CC(=O)OCCOC(=O)C#CC. The van der Waals surface area contributed by atoms with Crippen LogP contribution >= 0.6 is 0 Å². The quantitative estimate of drug-likeness (QED) is 0.277. The summed E-state index contributed by atoms with van der Waals surface area (Å²) in [7, 11) is 0. The second-order valence-corrected chi connectivity index (χ2v) is 2.02. The van der Waals surface area contributed by atoms with Crippen LogP contribution in [0.5, 0.6) is 0 Å². The summed E-state index contributed by atoms with van der Waals surface area (Å²) in [4.78, 5) is 21.3. The molecule has 0 aromatic carbocycles. The smallest absolute Gasteiger partial charge is 0.384 e. The molecule has 0 radical (unpaired) electrons. The van der Waals surface area contributed by atoms with E-state index in [2.05, 4.69) is 33.2 Å². The average Bonchev–Trinajstić information content (AvgIpc) is 2.13. The van der Waals surface area contributed by atoms with E-state index in [-0.39, 0.29) is 13.2 Å². The predicted octanol–water partition coefficient (Wildman–Crippen LogP) is 0.119. The average molecular weight is 194 g/mol. The van der Waals surface area contributed by atoms with Crippen LogP contribution in [0.3, 0.4) is 0 Å². The number of ether oxygens (including phenoxy) is 2. The van der Waals surface area contributed by atoms with Gasteiger partial charge in [0.1, 0.15) is 13.2 Å². The normalized spacial score (nSPS) is 7.29. The maximum Gasteiger partial charge on any atom is 0.384 e. The monoisotopic (exact) mass is 194 g/mol. The molecule has 0 aliphatic heterocycles. The molecule has 0 unspecified atom stereocenters. The van der Waals surface area contributed by atoms with Gasteiger partial charge in [-0.2, -0.15) is 0 Å². The Kier molecular flexibility index (Phi) is 6.63. The summed E-state index contributed by atoms with van der Waals surface area (Å²) in [5.74, 6) is 7.86. The van der Waals surface area contributed by atoms with E-state index in [0.29, 0.717) is 0 Å². The van der Waals surface area contributed by atoms with E-state index in [0.717, 1.165) is 0 Å². The van der Waals surface area contributed by atoms with Crippen molar-refractivity contribution in [3.8, 4) is 23.7 Å². The molecule has 0 saturated carbocycles. The molecule has 0 spiro atoms. The zero-order valence-electron chi connectivity index (χ0n) is 8.05. The maximum absolute atomic E-state index is 10.6. The first-order valence-corrected chi connectivity index (χ1v) is 3.89. The molecule has 4 nitrogen and oxygen atoms in total. The minimum atomic E-state index is -0.634. The molecule has 0 heterocycles. The van der Waals surface area contributed by atoms with Gasteiger partial charge in [-0.3, -0.25) is 0 Å². The van der Waals surface area contributed by atoms with Crippen molar-refractivity contribution >= 4 is 11.9 Å². The highest BCUT2D eigenvalue weighted by Gasteiger charge is 1.99. The Morgan fingerprint density at radius 1 is 0.929 bits per heavy atom. The third-order valence-electron chi connectivity index (χ3n) is 1.00. The van der Waals surface area contributed by atoms with Gasteiger partial charge in [0, 0.05) is 11.8 Å². The molecule has 4 heteroatoms. The summed E-state index contributed by atoms with van der Waals surface area (Å²) in [6.07, 6.45) is 0. The van der Waals surface area contributed by atoms with Gasteiger partial charge >= 0.3 is 11.9 Å². The lowest BCUT2D eigenvalue weighted by Crippen LogP contribution is -2.11. The van der Waals surface area contributed by atoms with E-state index in [1.54, 1.807) is 0 Å². The molecule has 14 heavy (non-hydrogen) atoms. The number of hydrogen-bond donors (Lipinski definition) is 0. The Bertz CT molecular complexity index is 288. The molecule has 0 saturated heterocycles. The van der Waals surface area contributed by atoms with Gasteiger partial charge in [-0.1, -0.05) is 11.8 Å². The molecule has 0 aliphatic rings. The summed E-state index contributed by atoms with van der Waals surface area (Å²) in [5, 5.41) is 0. The zero-order valence-corrected chi connectivity index (χ0v) is 8.05. The van der Waals surface area contributed by atoms with Gasteiger partial charge in [0.15, 0.2) is 0 Å². The number of esters is 2. The van der Waals surface area contributed by atoms with Crippen LogP contribution in [-0.4, -0.2) is 25.2 Å². The minimum absolute atomic E-state index is 0.00928. The van der Waals surface area contributed by atoms with E-state index in [1.807, 2.05) is 0 Å². The second-order valence-electron chi connectivity index (χ2n) is 2.02. The summed E-state index contributed by atoms with van der Waals surface area (Å²) in [6.45, 7) is 3.03. The molecule has 0 amide bonds. The van der Waals surface area contributed by atoms with Crippen LogP contribution in [0, 0.1) is 23.7 Å². The molecule has 0 rings (SSSR count). The summed E-state index contributed by atoms with van der Waals surface area (Å²) in [6, 6.07) is 0. The van der Waals surface area contributed by atoms with Gasteiger partial charge in [0.05, 0.1) is 0 Å². The van der Waals surface area contributed by atoms with E-state index < -0.39 is 11.9 Å². The molecule has 0 fully saturated rings. The van der Waals surface area contributed by atoms with Crippen LogP contribution < -0.4 is 0 Å². The van der Waals surface area contributed by atoms with Gasteiger partial charge < -0.3 is 9.47 Å². The lowest BCUT2D eigenvalue weighted by atomic mass is 10.6. The van der Waals surface area contributed by atoms with Crippen molar-refractivity contribution in [1.82, 2.24) is 0 Å². The van der Waals surface area contributed by atoms with E-state index in [1.165, 1.54) is 13.8 Å². The van der Waals surface area contributed by atoms with Crippen molar-refractivity contribution in [3.63, 3.8) is 0 Å². The molecule has 0 bridgehead atoms. The first-order chi connectivity index (χ1) is 6.70. The fourth-order valence-electron chi connectivity index (χ4n) is 0.545. The van der Waals surface area contributed by atoms with Crippen molar-refractivity contribution in [2.75, 3.05) is 13.2 Å². The van der Waals surface area contributed by atoms with Crippen molar-refractivity contribution in [3.05, 3.63) is 0 Å². The van der Waals surface area contributed by atoms with Crippen LogP contribution in [0.15, 0.2) is 0 Å². The first kappa shape index (κ1) is 12.1. The van der Waals surface area contributed by atoms with Gasteiger partial charge in [0.25, 0.3) is 0 Å². The van der Waals surface area contributed by atoms with Crippen molar-refractivity contribution < 1.29 is 19.1 Å². The third kappa shape index (κ3) is 6.75. The van der Waals surface area contributed by atoms with E-state index in [9.17, 15) is 9.59 Å². The van der Waals surface area contributed by atoms with Crippen molar-refractivity contribution in [2.45, 2.75) is 13.8 Å². The van der Waals surface area contributed by atoms with Crippen LogP contribution in [-0.2, 0) is 19.1 Å². The predicted molar refractivity (Wildman–Crippen MR) is 48.8 cm³/mol. The maximum atomic E-state index is 10.6. The summed E-state index contributed by atoms with van der Waals surface area (Å²) >= 11 is 0. The van der Waals surface area contributed by atoms with Crippen molar-refractivity contribution in [2.24, 2.45) is 0 Å². The van der Waals surface area contributed by atoms with Gasteiger partial charge in [0.2, 0.25) is 0 Å². The number of hydrogen-bond acceptors (Lipinski definition) is 4. The lowest BCUT2D eigenvalue weighted by molar-refractivity contribution is -0.144. The molecular weight excluding hydrogens is 184 g/mol. The van der Waals surface area contributed by atoms with Crippen molar-refractivity contribution in [1.29, 1.82) is 0 Å². The Morgan fingerprint density at radius 3 is 1.57 bits per heavy atom. The Balaban J connectivity index is 3.53. The molecule has 74 valence electrons. The highest BCUT2D eigenvalue weighted by atomic mass is 16.6. The highest BCUT2D eigenvalue weighted by Crippen LogP contribution is 1.80. The molecule has 0 atom stereocenters. The van der Waals surface area contributed by atoms with Gasteiger partial charge in [-0.05, 0) is 13.8 Å².